The molecule has 172 valence electrons. The van der Waals surface area contributed by atoms with E-state index in [0.29, 0.717) is 24.8 Å². The van der Waals surface area contributed by atoms with Gasteiger partial charge in [0.05, 0.1) is 20.8 Å². The molecule has 0 heterocycles. The highest BCUT2D eigenvalue weighted by Crippen LogP contribution is 2.46. The minimum Gasteiger partial charge on any atom is -0.481 e. The zero-order valence-corrected chi connectivity index (χ0v) is 17.9. The Kier molecular flexibility index (Phi) is 5.56. The fraction of sp³-hybridized carbons (Fsp3) is 0.208. The molecule has 1 fully saturated rings. The van der Waals surface area contributed by atoms with Crippen molar-refractivity contribution in [3.05, 3.63) is 83.7 Å². The van der Waals surface area contributed by atoms with Crippen molar-refractivity contribution in [2.45, 2.75) is 40.6 Å². The Morgan fingerprint density at radius 1 is 0.848 bits per heavy atom. The van der Waals surface area contributed by atoms with Gasteiger partial charge in [-0.15, -0.1) is 0 Å². The van der Waals surface area contributed by atoms with Gasteiger partial charge in [0, 0.05) is 0 Å². The Hall–Kier alpha value is -3.20. The number of aliphatic carboxylic acids is 1. The lowest BCUT2D eigenvalue weighted by molar-refractivity contribution is -0.147. The van der Waals surface area contributed by atoms with Crippen LogP contribution in [0.5, 0.6) is 0 Å². The van der Waals surface area contributed by atoms with E-state index in [1.54, 1.807) is 0 Å². The third-order valence-electron chi connectivity index (χ3n) is 6.06. The number of alkyl halides is 3. The Labute approximate surface area is 187 Å². The Balaban J connectivity index is 1.90. The van der Waals surface area contributed by atoms with Crippen molar-refractivity contribution < 1.29 is 35.9 Å². The molecule has 1 N–H and O–H groups in total. The first-order chi connectivity index (χ1) is 15.4. The Morgan fingerprint density at radius 2 is 1.45 bits per heavy atom. The van der Waals surface area contributed by atoms with E-state index >= 15 is 0 Å². The standard InChI is InChI=1S/C24H18F4O4S/c25-19-6-8-20(9-7-19)33(31,32)21-13-16(15-2-4-17(5-3-15)24(26,27)28)12-18(14-21)23(22(29)30)10-1-11-23/h2-9,12-14H,1,10-11H2,(H,29,30). The van der Waals surface area contributed by atoms with Crippen LogP contribution in [0.2, 0.25) is 0 Å². The molecule has 4 rings (SSSR count). The molecular formula is C24H18F4O4S. The topological polar surface area (TPSA) is 71.4 Å². The number of halogens is 4. The molecule has 33 heavy (non-hydrogen) atoms. The zero-order chi connectivity index (χ0) is 24.0. The first kappa shape index (κ1) is 23.0. The maximum Gasteiger partial charge on any atom is 0.416 e. The van der Waals surface area contributed by atoms with Gasteiger partial charge in [-0.1, -0.05) is 18.6 Å². The van der Waals surface area contributed by atoms with Gasteiger partial charge in [-0.25, -0.2) is 12.8 Å². The predicted molar refractivity (Wildman–Crippen MR) is 112 cm³/mol. The van der Waals surface area contributed by atoms with E-state index in [1.807, 2.05) is 0 Å². The first-order valence-electron chi connectivity index (χ1n) is 10.0. The van der Waals surface area contributed by atoms with Gasteiger partial charge in [0.2, 0.25) is 9.84 Å². The van der Waals surface area contributed by atoms with Gasteiger partial charge in [-0.3, -0.25) is 4.79 Å². The van der Waals surface area contributed by atoms with Crippen LogP contribution in [0.15, 0.2) is 76.5 Å². The van der Waals surface area contributed by atoms with E-state index in [0.717, 1.165) is 36.4 Å². The molecule has 0 radical (unpaired) electrons. The van der Waals surface area contributed by atoms with Crippen LogP contribution in [0.3, 0.4) is 0 Å². The summed E-state index contributed by atoms with van der Waals surface area (Å²) in [5.74, 6) is -1.71. The van der Waals surface area contributed by atoms with Gasteiger partial charge in [-0.2, -0.15) is 13.2 Å². The van der Waals surface area contributed by atoms with Gasteiger partial charge < -0.3 is 5.11 Å². The van der Waals surface area contributed by atoms with Crippen LogP contribution in [-0.4, -0.2) is 19.5 Å². The largest absolute Gasteiger partial charge is 0.481 e. The molecule has 0 unspecified atom stereocenters. The third kappa shape index (κ3) is 4.13. The van der Waals surface area contributed by atoms with Crippen LogP contribution in [0.25, 0.3) is 11.1 Å². The van der Waals surface area contributed by atoms with E-state index in [-0.39, 0.29) is 20.9 Å². The molecular weight excluding hydrogens is 460 g/mol. The summed E-state index contributed by atoms with van der Waals surface area (Å²) in [6.45, 7) is 0. The van der Waals surface area contributed by atoms with Gasteiger partial charge in [0.25, 0.3) is 0 Å². The van der Waals surface area contributed by atoms with Crippen LogP contribution in [0.4, 0.5) is 17.6 Å². The monoisotopic (exact) mass is 478 g/mol. The highest BCUT2D eigenvalue weighted by molar-refractivity contribution is 7.91. The number of hydrogen-bond donors (Lipinski definition) is 1. The molecule has 0 saturated heterocycles. The lowest BCUT2D eigenvalue weighted by Crippen LogP contribution is -2.42. The summed E-state index contributed by atoms with van der Waals surface area (Å²) >= 11 is 0. The molecule has 0 spiro atoms. The lowest BCUT2D eigenvalue weighted by Gasteiger charge is -2.38. The van der Waals surface area contributed by atoms with Crippen molar-refractivity contribution >= 4 is 15.8 Å². The number of sulfone groups is 1. The molecule has 0 aromatic heterocycles. The summed E-state index contributed by atoms with van der Waals surface area (Å²) in [5, 5.41) is 9.85. The number of hydrogen-bond acceptors (Lipinski definition) is 3. The zero-order valence-electron chi connectivity index (χ0n) is 17.1. The second-order valence-corrected chi connectivity index (χ2v) is 9.97. The van der Waals surface area contributed by atoms with E-state index in [1.165, 1.54) is 30.3 Å². The Bertz CT molecular complexity index is 1310. The van der Waals surface area contributed by atoms with Gasteiger partial charge in [-0.05, 0) is 84.1 Å². The minimum absolute atomic E-state index is 0.183. The smallest absolute Gasteiger partial charge is 0.416 e. The van der Waals surface area contributed by atoms with Crippen molar-refractivity contribution in [1.82, 2.24) is 0 Å². The molecule has 1 aliphatic rings. The predicted octanol–water partition coefficient (Wildman–Crippen LogP) is 5.85. The average Bonchev–Trinajstić information content (AvgIpc) is 2.72. The molecule has 1 aliphatic carbocycles. The molecule has 3 aromatic rings. The van der Waals surface area contributed by atoms with Crippen molar-refractivity contribution in [3.8, 4) is 11.1 Å². The van der Waals surface area contributed by atoms with Gasteiger partial charge in [0.1, 0.15) is 5.82 Å². The van der Waals surface area contributed by atoms with E-state index in [4.69, 9.17) is 0 Å². The maximum atomic E-state index is 13.3. The lowest BCUT2D eigenvalue weighted by atomic mass is 9.64. The van der Waals surface area contributed by atoms with Crippen LogP contribution in [0, 0.1) is 5.82 Å². The average molecular weight is 478 g/mol. The SMILES string of the molecule is O=C(O)C1(c2cc(-c3ccc(C(F)(F)F)cc3)cc(S(=O)(=O)c3ccc(F)cc3)c2)CCC1. The first-order valence-corrected chi connectivity index (χ1v) is 11.5. The van der Waals surface area contributed by atoms with E-state index < -0.39 is 38.8 Å². The number of benzene rings is 3. The quantitative estimate of drug-likeness (QED) is 0.369. The van der Waals surface area contributed by atoms with Crippen LogP contribution in [0.1, 0.15) is 30.4 Å². The highest BCUT2D eigenvalue weighted by Gasteiger charge is 2.46. The van der Waals surface area contributed by atoms with Crippen molar-refractivity contribution in [2.75, 3.05) is 0 Å². The van der Waals surface area contributed by atoms with Crippen LogP contribution < -0.4 is 0 Å². The molecule has 3 aromatic carbocycles. The van der Waals surface area contributed by atoms with Crippen molar-refractivity contribution in [2.24, 2.45) is 0 Å². The summed E-state index contributed by atoms with van der Waals surface area (Å²) in [7, 11) is -4.15. The maximum absolute atomic E-state index is 13.3. The number of carbonyl (C=O) groups is 1. The van der Waals surface area contributed by atoms with Gasteiger partial charge >= 0.3 is 12.1 Å². The minimum atomic E-state index is -4.53. The molecule has 0 amide bonds. The summed E-state index contributed by atoms with van der Waals surface area (Å²) in [6, 6.07) is 12.5. The molecule has 0 aliphatic heterocycles. The molecule has 9 heteroatoms. The third-order valence-corrected chi connectivity index (χ3v) is 7.80. The fourth-order valence-electron chi connectivity index (χ4n) is 3.96. The molecule has 4 nitrogen and oxygen atoms in total. The summed E-state index contributed by atoms with van der Waals surface area (Å²) < 4.78 is 78.7. The number of carboxylic acids is 1. The fourth-order valence-corrected chi connectivity index (χ4v) is 5.29. The van der Waals surface area contributed by atoms with E-state index in [2.05, 4.69) is 0 Å². The van der Waals surface area contributed by atoms with E-state index in [9.17, 15) is 35.9 Å². The normalized spacial score (nSPS) is 15.6. The van der Waals surface area contributed by atoms with Gasteiger partial charge in [0.15, 0.2) is 0 Å². The molecule has 0 atom stereocenters. The number of carboxylic acid groups (broad SMARTS) is 1. The molecule has 0 bridgehead atoms. The Morgan fingerprint density at radius 3 is 1.94 bits per heavy atom. The second-order valence-electron chi connectivity index (χ2n) is 8.02. The van der Waals surface area contributed by atoms with Crippen molar-refractivity contribution in [3.63, 3.8) is 0 Å². The van der Waals surface area contributed by atoms with Crippen LogP contribution >= 0.6 is 0 Å². The number of rotatable bonds is 5. The molecule has 1 saturated carbocycles. The summed E-state index contributed by atoms with van der Waals surface area (Å²) in [5.41, 5.74) is -1.29. The highest BCUT2D eigenvalue weighted by atomic mass is 32.2. The van der Waals surface area contributed by atoms with Crippen molar-refractivity contribution in [1.29, 1.82) is 0 Å². The summed E-state index contributed by atoms with van der Waals surface area (Å²) in [6.07, 6.45) is -3.25. The summed E-state index contributed by atoms with van der Waals surface area (Å²) in [4.78, 5) is 11.7. The van der Waals surface area contributed by atoms with Crippen LogP contribution in [-0.2, 0) is 26.2 Å². The second kappa shape index (κ2) is 7.98.